The normalized spacial score (nSPS) is 10.2. The summed E-state index contributed by atoms with van der Waals surface area (Å²) in [6, 6.07) is 18.4. The van der Waals surface area contributed by atoms with Crippen molar-refractivity contribution in [2.45, 2.75) is 6.54 Å². The number of rotatable bonds is 6. The molecular formula is C20H18ClN3O2. The Labute approximate surface area is 157 Å². The van der Waals surface area contributed by atoms with Crippen molar-refractivity contribution in [2.24, 2.45) is 0 Å². The minimum Gasteiger partial charge on any atom is -0.497 e. The largest absolute Gasteiger partial charge is 0.497 e. The molecule has 0 unspecified atom stereocenters. The second-order valence-corrected chi connectivity index (χ2v) is 5.97. The number of anilines is 2. The molecule has 1 aromatic heterocycles. The number of ether oxygens (including phenoxy) is 1. The highest BCUT2D eigenvalue weighted by molar-refractivity contribution is 6.31. The fourth-order valence-electron chi connectivity index (χ4n) is 2.34. The predicted octanol–water partition coefficient (Wildman–Crippen LogP) is 4.42. The van der Waals surface area contributed by atoms with Crippen molar-refractivity contribution in [3.63, 3.8) is 0 Å². The number of methoxy groups -OCH3 is 1. The van der Waals surface area contributed by atoms with Crippen molar-refractivity contribution in [1.82, 2.24) is 10.3 Å². The van der Waals surface area contributed by atoms with Gasteiger partial charge >= 0.3 is 0 Å². The summed E-state index contributed by atoms with van der Waals surface area (Å²) in [6.07, 6.45) is 1.54. The number of nitrogens with zero attached hydrogens (tertiary/aromatic N) is 1. The van der Waals surface area contributed by atoms with Crippen LogP contribution in [0.5, 0.6) is 5.75 Å². The Morgan fingerprint density at radius 2 is 1.85 bits per heavy atom. The van der Waals surface area contributed by atoms with Crippen LogP contribution in [0.15, 0.2) is 66.9 Å². The van der Waals surface area contributed by atoms with E-state index in [4.69, 9.17) is 16.3 Å². The molecule has 0 bridgehead atoms. The Hall–Kier alpha value is -3.05. The van der Waals surface area contributed by atoms with Gasteiger partial charge in [0, 0.05) is 23.5 Å². The van der Waals surface area contributed by atoms with Gasteiger partial charge in [-0.25, -0.2) is 4.98 Å². The van der Waals surface area contributed by atoms with Crippen LogP contribution < -0.4 is 15.4 Å². The fraction of sp³-hybridized carbons (Fsp3) is 0.100. The first-order chi connectivity index (χ1) is 12.7. The highest BCUT2D eigenvalue weighted by atomic mass is 35.5. The first kappa shape index (κ1) is 17.8. The van der Waals surface area contributed by atoms with Crippen molar-refractivity contribution in [3.05, 3.63) is 83.0 Å². The lowest BCUT2D eigenvalue weighted by Gasteiger charge is -2.09. The minimum absolute atomic E-state index is 0.201. The summed E-state index contributed by atoms with van der Waals surface area (Å²) in [5, 5.41) is 6.64. The van der Waals surface area contributed by atoms with E-state index in [2.05, 4.69) is 15.6 Å². The van der Waals surface area contributed by atoms with E-state index in [-0.39, 0.29) is 5.91 Å². The zero-order chi connectivity index (χ0) is 18.4. The Bertz CT molecular complexity index is 880. The molecule has 0 aliphatic rings. The third-order valence-electron chi connectivity index (χ3n) is 3.79. The molecule has 0 radical (unpaired) electrons. The molecule has 132 valence electrons. The second-order valence-electron chi connectivity index (χ2n) is 5.56. The standard InChI is InChI=1S/C20H18ClN3O2/c1-26-17-9-7-16(8-10-17)24-19-11-6-15(13-22-19)20(25)23-12-14-4-2-3-5-18(14)21/h2-11,13H,12H2,1H3,(H,22,24)(H,23,25). The first-order valence-corrected chi connectivity index (χ1v) is 8.42. The molecule has 26 heavy (non-hydrogen) atoms. The molecule has 6 heteroatoms. The van der Waals surface area contributed by atoms with E-state index in [1.54, 1.807) is 25.3 Å². The number of benzene rings is 2. The van der Waals surface area contributed by atoms with E-state index in [0.29, 0.717) is 22.9 Å². The monoisotopic (exact) mass is 367 g/mol. The van der Waals surface area contributed by atoms with Crippen LogP contribution in [0.4, 0.5) is 11.5 Å². The number of halogens is 1. The summed E-state index contributed by atoms with van der Waals surface area (Å²) in [5.74, 6) is 1.24. The number of hydrogen-bond donors (Lipinski definition) is 2. The zero-order valence-electron chi connectivity index (χ0n) is 14.2. The number of carbonyl (C=O) groups excluding carboxylic acids is 1. The van der Waals surface area contributed by atoms with Gasteiger partial charge in [0.05, 0.1) is 12.7 Å². The van der Waals surface area contributed by atoms with Crippen LogP contribution in [0.1, 0.15) is 15.9 Å². The van der Waals surface area contributed by atoms with Crippen molar-refractivity contribution in [3.8, 4) is 5.75 Å². The fourth-order valence-corrected chi connectivity index (χ4v) is 2.55. The van der Waals surface area contributed by atoms with E-state index >= 15 is 0 Å². The van der Waals surface area contributed by atoms with E-state index in [0.717, 1.165) is 17.0 Å². The smallest absolute Gasteiger partial charge is 0.253 e. The van der Waals surface area contributed by atoms with Crippen molar-refractivity contribution >= 4 is 29.0 Å². The van der Waals surface area contributed by atoms with Gasteiger partial charge in [0.15, 0.2) is 0 Å². The summed E-state index contributed by atoms with van der Waals surface area (Å²) in [7, 11) is 1.62. The average Bonchev–Trinajstić information content (AvgIpc) is 2.68. The number of carbonyl (C=O) groups is 1. The molecule has 0 saturated carbocycles. The third-order valence-corrected chi connectivity index (χ3v) is 4.15. The number of pyridine rings is 1. The molecule has 3 rings (SSSR count). The number of nitrogens with one attached hydrogen (secondary N) is 2. The van der Waals surface area contributed by atoms with Crippen LogP contribution in [0.3, 0.4) is 0 Å². The Kier molecular flexibility index (Phi) is 5.71. The first-order valence-electron chi connectivity index (χ1n) is 8.04. The van der Waals surface area contributed by atoms with Crippen LogP contribution >= 0.6 is 11.6 Å². The Morgan fingerprint density at radius 1 is 1.08 bits per heavy atom. The molecule has 0 aliphatic carbocycles. The summed E-state index contributed by atoms with van der Waals surface area (Å²) >= 11 is 6.09. The molecule has 3 aromatic rings. The topological polar surface area (TPSA) is 63.2 Å². The SMILES string of the molecule is COc1ccc(Nc2ccc(C(=O)NCc3ccccc3Cl)cn2)cc1. The van der Waals surface area contributed by atoms with E-state index in [1.807, 2.05) is 42.5 Å². The lowest BCUT2D eigenvalue weighted by molar-refractivity contribution is 0.0950. The molecule has 2 N–H and O–H groups in total. The molecule has 5 nitrogen and oxygen atoms in total. The average molecular weight is 368 g/mol. The van der Waals surface area contributed by atoms with Gasteiger partial charge < -0.3 is 15.4 Å². The Morgan fingerprint density at radius 3 is 2.50 bits per heavy atom. The summed E-state index contributed by atoms with van der Waals surface area (Å²) in [6.45, 7) is 0.365. The van der Waals surface area contributed by atoms with Gasteiger partial charge in [0.25, 0.3) is 5.91 Å². The highest BCUT2D eigenvalue weighted by Gasteiger charge is 2.07. The summed E-state index contributed by atoms with van der Waals surface area (Å²) < 4.78 is 5.13. The minimum atomic E-state index is -0.201. The molecule has 2 aromatic carbocycles. The van der Waals surface area contributed by atoms with Gasteiger partial charge in [-0.15, -0.1) is 0 Å². The van der Waals surface area contributed by atoms with Gasteiger partial charge in [-0.05, 0) is 48.0 Å². The molecular weight excluding hydrogens is 350 g/mol. The lowest BCUT2D eigenvalue weighted by atomic mass is 10.2. The van der Waals surface area contributed by atoms with Crippen molar-refractivity contribution < 1.29 is 9.53 Å². The zero-order valence-corrected chi connectivity index (χ0v) is 15.0. The molecule has 1 amide bonds. The molecule has 0 atom stereocenters. The van der Waals surface area contributed by atoms with Gasteiger partial charge in [0.2, 0.25) is 0 Å². The summed E-state index contributed by atoms with van der Waals surface area (Å²) in [5.41, 5.74) is 2.24. The number of hydrogen-bond acceptors (Lipinski definition) is 4. The van der Waals surface area contributed by atoms with Gasteiger partial charge in [-0.3, -0.25) is 4.79 Å². The molecule has 0 aliphatic heterocycles. The van der Waals surface area contributed by atoms with Gasteiger partial charge in [-0.2, -0.15) is 0 Å². The predicted molar refractivity (Wildman–Crippen MR) is 103 cm³/mol. The second kappa shape index (κ2) is 8.36. The van der Waals surface area contributed by atoms with Crippen LogP contribution in [0.2, 0.25) is 5.02 Å². The molecule has 0 spiro atoms. The van der Waals surface area contributed by atoms with Crippen molar-refractivity contribution in [1.29, 1.82) is 0 Å². The van der Waals surface area contributed by atoms with E-state index < -0.39 is 0 Å². The molecule has 0 saturated heterocycles. The maximum absolute atomic E-state index is 12.2. The van der Waals surface area contributed by atoms with E-state index in [1.165, 1.54) is 6.20 Å². The maximum atomic E-state index is 12.2. The van der Waals surface area contributed by atoms with Crippen LogP contribution in [0, 0.1) is 0 Å². The summed E-state index contributed by atoms with van der Waals surface area (Å²) in [4.78, 5) is 16.5. The van der Waals surface area contributed by atoms with Gasteiger partial charge in [-0.1, -0.05) is 29.8 Å². The van der Waals surface area contributed by atoms with Crippen LogP contribution in [-0.4, -0.2) is 18.0 Å². The number of aromatic nitrogens is 1. The highest BCUT2D eigenvalue weighted by Crippen LogP contribution is 2.19. The quantitative estimate of drug-likeness (QED) is 0.677. The van der Waals surface area contributed by atoms with Gasteiger partial charge in [0.1, 0.15) is 11.6 Å². The molecule has 0 fully saturated rings. The number of amides is 1. The third kappa shape index (κ3) is 4.52. The van der Waals surface area contributed by atoms with Crippen molar-refractivity contribution in [2.75, 3.05) is 12.4 Å². The lowest BCUT2D eigenvalue weighted by Crippen LogP contribution is -2.23. The Balaban J connectivity index is 1.59. The van der Waals surface area contributed by atoms with Crippen LogP contribution in [0.25, 0.3) is 0 Å². The van der Waals surface area contributed by atoms with E-state index in [9.17, 15) is 4.79 Å². The van der Waals surface area contributed by atoms with Crippen LogP contribution in [-0.2, 0) is 6.54 Å². The maximum Gasteiger partial charge on any atom is 0.253 e. The molecule has 1 heterocycles.